The lowest BCUT2D eigenvalue weighted by atomic mass is 10.2. The van der Waals surface area contributed by atoms with Crippen molar-refractivity contribution in [2.24, 2.45) is 7.05 Å². The van der Waals surface area contributed by atoms with Gasteiger partial charge in [-0.3, -0.25) is 4.68 Å². The van der Waals surface area contributed by atoms with E-state index in [1.807, 2.05) is 13.2 Å². The maximum atomic E-state index is 4.40. The van der Waals surface area contributed by atoms with Gasteiger partial charge in [-0.05, 0) is 12.8 Å². The van der Waals surface area contributed by atoms with Crippen LogP contribution < -0.4 is 5.32 Å². The van der Waals surface area contributed by atoms with Gasteiger partial charge in [0.15, 0.2) is 5.82 Å². The van der Waals surface area contributed by atoms with Crippen LogP contribution in [-0.4, -0.2) is 30.9 Å². The van der Waals surface area contributed by atoms with Crippen LogP contribution in [0.4, 0.5) is 5.95 Å². The Morgan fingerprint density at radius 1 is 1.32 bits per heavy atom. The molecule has 2 heterocycles. The number of nitrogens with one attached hydrogen (secondary N) is 1. The fourth-order valence-electron chi connectivity index (χ4n) is 2.71. The highest BCUT2D eigenvalue weighted by Gasteiger charge is 2.18. The van der Waals surface area contributed by atoms with E-state index in [0.29, 0.717) is 6.04 Å². The van der Waals surface area contributed by atoms with Gasteiger partial charge in [-0.1, -0.05) is 12.8 Å². The topological polar surface area (TPSA) is 60.6 Å². The summed E-state index contributed by atoms with van der Waals surface area (Å²) >= 11 is 0. The van der Waals surface area contributed by atoms with E-state index in [4.69, 9.17) is 0 Å². The molecule has 1 aliphatic carbocycles. The second kappa shape index (κ2) is 5.42. The number of hydrogen-bond acceptors (Lipinski definition) is 4. The van der Waals surface area contributed by atoms with E-state index in [9.17, 15) is 0 Å². The zero-order valence-electron chi connectivity index (χ0n) is 11.3. The summed E-state index contributed by atoms with van der Waals surface area (Å²) in [5.74, 6) is 1.84. The van der Waals surface area contributed by atoms with E-state index in [1.54, 1.807) is 11.0 Å². The molecule has 2 aromatic rings. The first-order chi connectivity index (χ1) is 9.33. The summed E-state index contributed by atoms with van der Waals surface area (Å²) < 4.78 is 4.01. The first kappa shape index (κ1) is 12.2. The Morgan fingerprint density at radius 3 is 2.89 bits per heavy atom. The Bertz CT molecular complexity index is 523. The summed E-state index contributed by atoms with van der Waals surface area (Å²) in [6, 6.07) is 0.623. The Balaban J connectivity index is 1.56. The molecule has 0 spiro atoms. The van der Waals surface area contributed by atoms with Crippen LogP contribution in [0.2, 0.25) is 0 Å². The number of anilines is 1. The van der Waals surface area contributed by atoms with Crippen LogP contribution in [0.1, 0.15) is 37.5 Å². The van der Waals surface area contributed by atoms with Gasteiger partial charge >= 0.3 is 0 Å². The van der Waals surface area contributed by atoms with Crippen molar-refractivity contribution < 1.29 is 0 Å². The molecule has 0 aromatic carbocycles. The van der Waals surface area contributed by atoms with Gasteiger partial charge in [0.05, 0.1) is 0 Å². The van der Waals surface area contributed by atoms with Crippen LogP contribution >= 0.6 is 0 Å². The minimum absolute atomic E-state index is 0.623. The van der Waals surface area contributed by atoms with E-state index in [0.717, 1.165) is 24.7 Å². The van der Waals surface area contributed by atoms with E-state index in [-0.39, 0.29) is 0 Å². The number of aryl methyl sites for hydroxylation is 1. The van der Waals surface area contributed by atoms with E-state index < -0.39 is 0 Å². The summed E-state index contributed by atoms with van der Waals surface area (Å²) in [4.78, 5) is 8.62. The molecule has 0 bridgehead atoms. The molecular weight excluding hydrogens is 240 g/mol. The predicted molar refractivity (Wildman–Crippen MR) is 72.9 cm³/mol. The summed E-state index contributed by atoms with van der Waals surface area (Å²) in [6.45, 7) is 0.813. The lowest BCUT2D eigenvalue weighted by molar-refractivity contribution is 0.523. The SMILES string of the molecule is Cn1cnc(CCNc2nccn2C2CCCC2)n1. The highest BCUT2D eigenvalue weighted by atomic mass is 15.3. The maximum absolute atomic E-state index is 4.40. The maximum Gasteiger partial charge on any atom is 0.203 e. The summed E-state index contributed by atoms with van der Waals surface area (Å²) in [6.07, 6.45) is 11.7. The minimum Gasteiger partial charge on any atom is -0.355 e. The van der Waals surface area contributed by atoms with Crippen LogP contribution in [-0.2, 0) is 13.5 Å². The minimum atomic E-state index is 0.623. The van der Waals surface area contributed by atoms with Crippen LogP contribution in [0.5, 0.6) is 0 Å². The molecule has 0 aliphatic heterocycles. The van der Waals surface area contributed by atoms with Gasteiger partial charge in [-0.25, -0.2) is 9.97 Å². The summed E-state index contributed by atoms with van der Waals surface area (Å²) in [7, 11) is 1.89. The van der Waals surface area contributed by atoms with E-state index in [1.165, 1.54) is 25.7 Å². The molecule has 3 rings (SSSR count). The largest absolute Gasteiger partial charge is 0.355 e. The lowest BCUT2D eigenvalue weighted by Gasteiger charge is -2.15. The summed E-state index contributed by atoms with van der Waals surface area (Å²) in [5, 5.41) is 7.66. The van der Waals surface area contributed by atoms with Gasteiger partial charge in [0.25, 0.3) is 0 Å². The molecular formula is C13H20N6. The molecule has 0 amide bonds. The van der Waals surface area contributed by atoms with Crippen LogP contribution in [0.15, 0.2) is 18.7 Å². The molecule has 102 valence electrons. The number of aromatic nitrogens is 5. The van der Waals surface area contributed by atoms with Gasteiger partial charge in [-0.2, -0.15) is 5.10 Å². The molecule has 1 N–H and O–H groups in total. The Morgan fingerprint density at radius 2 is 2.16 bits per heavy atom. The lowest BCUT2D eigenvalue weighted by Crippen LogP contribution is -2.13. The Labute approximate surface area is 112 Å². The summed E-state index contributed by atoms with van der Waals surface area (Å²) in [5.41, 5.74) is 0. The smallest absolute Gasteiger partial charge is 0.203 e. The van der Waals surface area contributed by atoms with Crippen molar-refractivity contribution in [3.05, 3.63) is 24.5 Å². The standard InChI is InChI=1S/C13H20N6/c1-18-10-16-12(17-18)6-7-14-13-15-8-9-19(13)11-4-2-3-5-11/h8-11H,2-7H2,1H3,(H,14,15). The average molecular weight is 260 g/mol. The second-order valence-electron chi connectivity index (χ2n) is 5.11. The van der Waals surface area contributed by atoms with Crippen LogP contribution in [0.25, 0.3) is 0 Å². The fourth-order valence-corrected chi connectivity index (χ4v) is 2.71. The third-order valence-electron chi connectivity index (χ3n) is 3.67. The molecule has 19 heavy (non-hydrogen) atoms. The highest BCUT2D eigenvalue weighted by molar-refractivity contribution is 5.27. The normalized spacial score (nSPS) is 16.1. The third-order valence-corrected chi connectivity index (χ3v) is 3.67. The van der Waals surface area contributed by atoms with Gasteiger partial charge < -0.3 is 9.88 Å². The zero-order chi connectivity index (χ0) is 13.1. The van der Waals surface area contributed by atoms with Crippen molar-refractivity contribution >= 4 is 5.95 Å². The van der Waals surface area contributed by atoms with Gasteiger partial charge in [0.1, 0.15) is 6.33 Å². The highest BCUT2D eigenvalue weighted by Crippen LogP contribution is 2.31. The van der Waals surface area contributed by atoms with Crippen LogP contribution in [0, 0.1) is 0 Å². The molecule has 0 radical (unpaired) electrons. The van der Waals surface area contributed by atoms with Crippen molar-refractivity contribution in [2.75, 3.05) is 11.9 Å². The van der Waals surface area contributed by atoms with Gasteiger partial charge in [0.2, 0.25) is 5.95 Å². The van der Waals surface area contributed by atoms with Gasteiger partial charge in [-0.15, -0.1) is 0 Å². The second-order valence-corrected chi connectivity index (χ2v) is 5.11. The first-order valence-corrected chi connectivity index (χ1v) is 6.94. The molecule has 1 aliphatic rings. The molecule has 0 saturated heterocycles. The van der Waals surface area contributed by atoms with Crippen LogP contribution in [0.3, 0.4) is 0 Å². The third kappa shape index (κ3) is 2.77. The van der Waals surface area contributed by atoms with Crippen molar-refractivity contribution in [1.29, 1.82) is 0 Å². The number of nitrogens with zero attached hydrogens (tertiary/aromatic N) is 5. The Kier molecular flexibility index (Phi) is 3.48. The van der Waals surface area contributed by atoms with Crippen molar-refractivity contribution in [2.45, 2.75) is 38.1 Å². The number of rotatable bonds is 5. The molecule has 1 saturated carbocycles. The number of imidazole rings is 1. The van der Waals surface area contributed by atoms with E-state index >= 15 is 0 Å². The first-order valence-electron chi connectivity index (χ1n) is 6.94. The quantitative estimate of drug-likeness (QED) is 0.890. The monoisotopic (exact) mass is 260 g/mol. The Hall–Kier alpha value is -1.85. The molecule has 1 fully saturated rings. The molecule has 6 heteroatoms. The van der Waals surface area contributed by atoms with Crippen molar-refractivity contribution in [3.8, 4) is 0 Å². The van der Waals surface area contributed by atoms with Crippen molar-refractivity contribution in [3.63, 3.8) is 0 Å². The van der Waals surface area contributed by atoms with Crippen molar-refractivity contribution in [1.82, 2.24) is 24.3 Å². The van der Waals surface area contributed by atoms with E-state index in [2.05, 4.69) is 31.1 Å². The number of hydrogen-bond donors (Lipinski definition) is 1. The molecule has 6 nitrogen and oxygen atoms in total. The zero-order valence-corrected chi connectivity index (χ0v) is 11.3. The molecule has 2 aromatic heterocycles. The van der Waals surface area contributed by atoms with Gasteiger partial charge in [0, 0.05) is 38.4 Å². The average Bonchev–Trinajstić information content (AvgIpc) is 3.09. The fraction of sp³-hybridized carbons (Fsp3) is 0.615. The molecule has 0 unspecified atom stereocenters. The molecule has 0 atom stereocenters. The predicted octanol–water partition coefficient (Wildman–Crippen LogP) is 1.78.